The van der Waals surface area contributed by atoms with Gasteiger partial charge in [0.15, 0.2) is 0 Å². The molecule has 0 aliphatic rings. The molecule has 0 saturated carbocycles. The lowest BCUT2D eigenvalue weighted by Gasteiger charge is -2.15. The number of pyridine rings is 1. The maximum Gasteiger partial charge on any atom is 0.418 e. The number of ether oxygens (including phenoxy) is 1. The lowest BCUT2D eigenvalue weighted by molar-refractivity contribution is -0.137. The minimum Gasteiger partial charge on any atom is -0.381 e. The van der Waals surface area contributed by atoms with Crippen LogP contribution in [0.2, 0.25) is 5.02 Å². The topological polar surface area (TPSA) is 118 Å². The molecule has 2 amide bonds. The van der Waals surface area contributed by atoms with Crippen LogP contribution in [0, 0.1) is 5.82 Å². The highest BCUT2D eigenvalue weighted by atomic mass is 35.5. The lowest BCUT2D eigenvalue weighted by atomic mass is 10.1. The summed E-state index contributed by atoms with van der Waals surface area (Å²) in [4.78, 5) is 35.5. The van der Waals surface area contributed by atoms with E-state index in [4.69, 9.17) is 16.3 Å². The van der Waals surface area contributed by atoms with Gasteiger partial charge in [0.2, 0.25) is 5.91 Å². The number of amides is 2. The number of nitrogens with one attached hydrogen (secondary N) is 3. The normalized spacial score (nSPS) is 11.2. The summed E-state index contributed by atoms with van der Waals surface area (Å²) in [6, 6.07) is 3.62. The van der Waals surface area contributed by atoms with Gasteiger partial charge in [-0.25, -0.2) is 14.4 Å². The van der Waals surface area contributed by atoms with Gasteiger partial charge in [-0.15, -0.1) is 0 Å². The molecule has 0 spiro atoms. The third kappa shape index (κ3) is 8.92. The molecule has 0 saturated heterocycles. The van der Waals surface area contributed by atoms with Gasteiger partial charge in [0.05, 0.1) is 52.6 Å². The number of carbonyl (C=O) groups is 2. The fraction of sp³-hybridized carbons (Fsp3) is 0.292. The van der Waals surface area contributed by atoms with Gasteiger partial charge < -0.3 is 20.7 Å². The minimum absolute atomic E-state index is 0.00245. The molecule has 0 unspecified atom stereocenters. The second-order valence-corrected chi connectivity index (χ2v) is 8.25. The average molecular weight is 555 g/mol. The first-order valence-electron chi connectivity index (χ1n) is 11.3. The van der Waals surface area contributed by atoms with Crippen LogP contribution in [0.25, 0.3) is 0 Å². The highest BCUT2D eigenvalue weighted by Gasteiger charge is 2.34. The smallest absolute Gasteiger partial charge is 0.381 e. The van der Waals surface area contributed by atoms with Crippen molar-refractivity contribution in [1.82, 2.24) is 25.6 Å². The van der Waals surface area contributed by atoms with Crippen LogP contribution in [-0.2, 0) is 22.3 Å². The number of carbonyl (C=O) groups excluding carboxylic acids is 2. The van der Waals surface area contributed by atoms with Gasteiger partial charge in [0.1, 0.15) is 12.1 Å². The van der Waals surface area contributed by atoms with Crippen LogP contribution in [0.15, 0.2) is 49.2 Å². The molecule has 0 fully saturated rings. The van der Waals surface area contributed by atoms with Gasteiger partial charge in [-0.05, 0) is 30.7 Å². The SMILES string of the molecule is O=C(CCOCCCNC(=O)c1cncnc1)NCc1ncc(Nc2ccc(F)cc2C(F)(F)F)cc1Cl. The fourth-order valence-corrected chi connectivity index (χ4v) is 3.35. The van der Waals surface area contributed by atoms with Crippen LogP contribution in [0.5, 0.6) is 0 Å². The summed E-state index contributed by atoms with van der Waals surface area (Å²) in [6.45, 7) is 0.880. The summed E-state index contributed by atoms with van der Waals surface area (Å²) < 4.78 is 58.2. The van der Waals surface area contributed by atoms with Crippen molar-refractivity contribution < 1.29 is 31.9 Å². The van der Waals surface area contributed by atoms with Crippen LogP contribution in [0.4, 0.5) is 28.9 Å². The molecular formula is C24H23ClF4N6O3. The number of anilines is 2. The van der Waals surface area contributed by atoms with Crippen LogP contribution in [0.3, 0.4) is 0 Å². The van der Waals surface area contributed by atoms with Crippen molar-refractivity contribution >= 4 is 34.8 Å². The monoisotopic (exact) mass is 554 g/mol. The Hall–Kier alpha value is -3.84. The summed E-state index contributed by atoms with van der Waals surface area (Å²) in [6.07, 6.45) is 1.26. The molecule has 2 heterocycles. The Morgan fingerprint density at radius 2 is 1.79 bits per heavy atom. The molecule has 0 bridgehead atoms. The molecule has 1 aromatic carbocycles. The fourth-order valence-electron chi connectivity index (χ4n) is 3.11. The summed E-state index contributed by atoms with van der Waals surface area (Å²) >= 11 is 6.17. The Kier molecular flexibility index (Phi) is 10.3. The summed E-state index contributed by atoms with van der Waals surface area (Å²) in [5, 5.41) is 7.99. The number of halogens is 5. The first kappa shape index (κ1) is 28.7. The number of hydrogen-bond acceptors (Lipinski definition) is 7. The van der Waals surface area contributed by atoms with Crippen molar-refractivity contribution in [1.29, 1.82) is 0 Å². The van der Waals surface area contributed by atoms with Gasteiger partial charge >= 0.3 is 6.18 Å². The number of nitrogens with zero attached hydrogens (tertiary/aromatic N) is 3. The lowest BCUT2D eigenvalue weighted by Crippen LogP contribution is -2.26. The average Bonchev–Trinajstić information content (AvgIpc) is 2.88. The molecule has 14 heteroatoms. The van der Waals surface area contributed by atoms with E-state index in [-0.39, 0.29) is 47.8 Å². The number of aromatic nitrogens is 3. The van der Waals surface area contributed by atoms with Crippen LogP contribution < -0.4 is 16.0 Å². The van der Waals surface area contributed by atoms with Crippen molar-refractivity contribution in [3.8, 4) is 0 Å². The first-order valence-corrected chi connectivity index (χ1v) is 11.7. The van der Waals surface area contributed by atoms with E-state index in [0.29, 0.717) is 36.9 Å². The number of hydrogen-bond donors (Lipinski definition) is 3. The molecular weight excluding hydrogens is 532 g/mol. The number of alkyl halides is 3. The molecule has 0 atom stereocenters. The van der Waals surface area contributed by atoms with Gasteiger partial charge in [-0.3, -0.25) is 14.6 Å². The maximum atomic E-state index is 13.3. The predicted octanol–water partition coefficient (Wildman–Crippen LogP) is 4.27. The van der Waals surface area contributed by atoms with Crippen LogP contribution in [0.1, 0.15) is 34.5 Å². The Labute approximate surface area is 220 Å². The largest absolute Gasteiger partial charge is 0.418 e. The van der Waals surface area contributed by atoms with E-state index in [9.17, 15) is 27.2 Å². The Bertz CT molecular complexity index is 1250. The Balaban J connectivity index is 1.36. The standard InChI is InChI=1S/C24H23ClF4N6O3/c25-19-9-17(35-20-3-2-16(26)8-18(20)24(27,28)29)12-33-21(19)13-34-22(36)4-7-38-6-1-5-32-23(37)15-10-30-14-31-11-15/h2-3,8-12,14,35H,1,4-7,13H2,(H,32,37)(H,34,36). The third-order valence-corrected chi connectivity index (χ3v) is 5.31. The van der Waals surface area contributed by atoms with Gasteiger partial charge in [0, 0.05) is 32.0 Å². The van der Waals surface area contributed by atoms with E-state index in [0.717, 1.165) is 12.1 Å². The van der Waals surface area contributed by atoms with Crippen LogP contribution >= 0.6 is 11.6 Å². The van der Waals surface area contributed by atoms with E-state index in [1.807, 2.05) is 0 Å². The molecule has 0 aliphatic carbocycles. The quantitative estimate of drug-likeness (QED) is 0.226. The third-order valence-electron chi connectivity index (χ3n) is 4.98. The van der Waals surface area contributed by atoms with Crippen molar-refractivity contribution in [2.75, 3.05) is 25.1 Å². The molecule has 2 aromatic heterocycles. The molecule has 3 N–H and O–H groups in total. The zero-order chi connectivity index (χ0) is 27.5. The number of rotatable bonds is 12. The molecule has 0 aliphatic heterocycles. The number of benzene rings is 1. The molecule has 202 valence electrons. The van der Waals surface area contributed by atoms with Crippen molar-refractivity contribution in [2.45, 2.75) is 25.6 Å². The van der Waals surface area contributed by atoms with E-state index in [1.165, 1.54) is 31.0 Å². The predicted molar refractivity (Wildman–Crippen MR) is 130 cm³/mol. The second-order valence-electron chi connectivity index (χ2n) is 7.84. The minimum atomic E-state index is -4.76. The highest BCUT2D eigenvalue weighted by molar-refractivity contribution is 6.31. The van der Waals surface area contributed by atoms with Gasteiger partial charge in [-0.2, -0.15) is 13.2 Å². The van der Waals surface area contributed by atoms with Gasteiger partial charge in [-0.1, -0.05) is 11.6 Å². The molecule has 38 heavy (non-hydrogen) atoms. The Morgan fingerprint density at radius 3 is 2.50 bits per heavy atom. The molecule has 3 aromatic rings. The maximum absolute atomic E-state index is 13.3. The van der Waals surface area contributed by atoms with Crippen molar-refractivity contribution in [3.63, 3.8) is 0 Å². The van der Waals surface area contributed by atoms with E-state index >= 15 is 0 Å². The van der Waals surface area contributed by atoms with E-state index < -0.39 is 17.6 Å². The molecule has 3 rings (SSSR count). The summed E-state index contributed by atoms with van der Waals surface area (Å²) in [5.41, 5.74) is -0.704. The summed E-state index contributed by atoms with van der Waals surface area (Å²) in [7, 11) is 0. The van der Waals surface area contributed by atoms with Crippen molar-refractivity contribution in [2.24, 2.45) is 0 Å². The Morgan fingerprint density at radius 1 is 1.03 bits per heavy atom. The highest BCUT2D eigenvalue weighted by Crippen LogP contribution is 2.36. The van der Waals surface area contributed by atoms with Crippen molar-refractivity contribution in [3.05, 3.63) is 76.8 Å². The van der Waals surface area contributed by atoms with Gasteiger partial charge in [0.25, 0.3) is 5.91 Å². The van der Waals surface area contributed by atoms with Crippen LogP contribution in [-0.4, -0.2) is 46.5 Å². The zero-order valence-corrected chi connectivity index (χ0v) is 20.6. The second kappa shape index (κ2) is 13.6. The molecule has 0 radical (unpaired) electrons. The van der Waals surface area contributed by atoms with E-state index in [1.54, 1.807) is 0 Å². The molecule has 9 nitrogen and oxygen atoms in total. The van der Waals surface area contributed by atoms with E-state index in [2.05, 4.69) is 30.9 Å². The zero-order valence-electron chi connectivity index (χ0n) is 19.8. The first-order chi connectivity index (χ1) is 18.1. The summed E-state index contributed by atoms with van der Waals surface area (Å²) in [5.74, 6) is -1.62.